The number of anilines is 1. The van der Waals surface area contributed by atoms with E-state index < -0.39 is 0 Å². The van der Waals surface area contributed by atoms with E-state index >= 15 is 0 Å². The van der Waals surface area contributed by atoms with Crippen LogP contribution in [0.2, 0.25) is 0 Å². The van der Waals surface area contributed by atoms with Crippen LogP contribution >= 0.6 is 24.2 Å². The first kappa shape index (κ1) is 26.4. The normalized spacial score (nSPS) is 19.6. The summed E-state index contributed by atoms with van der Waals surface area (Å²) < 4.78 is 5.94. The molecule has 0 aromatic heterocycles. The Kier molecular flexibility index (Phi) is 10.1. The molecule has 1 aliphatic heterocycles. The summed E-state index contributed by atoms with van der Waals surface area (Å²) in [5, 5.41) is 1.12. The van der Waals surface area contributed by atoms with E-state index in [0.717, 1.165) is 47.5 Å². The lowest BCUT2D eigenvalue weighted by molar-refractivity contribution is -0.117. The number of thioether (sulfide) groups is 1. The van der Waals surface area contributed by atoms with E-state index in [2.05, 4.69) is 11.8 Å². The van der Waals surface area contributed by atoms with E-state index in [1.807, 2.05) is 59.5 Å². The summed E-state index contributed by atoms with van der Waals surface area (Å²) in [6.45, 7) is 4.80. The lowest BCUT2D eigenvalue weighted by atomic mass is 9.96. The molecule has 2 fully saturated rings. The first-order valence-electron chi connectivity index (χ1n) is 12.3. The Morgan fingerprint density at radius 2 is 1.74 bits per heavy atom. The quantitative estimate of drug-likeness (QED) is 0.386. The van der Waals surface area contributed by atoms with Crippen LogP contribution in [0.25, 0.3) is 0 Å². The van der Waals surface area contributed by atoms with Crippen molar-refractivity contribution in [3.05, 3.63) is 54.6 Å². The zero-order chi connectivity index (χ0) is 23.0. The molecule has 1 atom stereocenters. The molecular weight excluding hydrogens is 466 g/mol. The van der Waals surface area contributed by atoms with Crippen molar-refractivity contribution in [1.29, 1.82) is 0 Å². The molecular formula is C27H36ClN3O2S. The minimum Gasteiger partial charge on any atom is -0.457 e. The monoisotopic (exact) mass is 501 g/mol. The highest BCUT2D eigenvalue weighted by atomic mass is 35.5. The maximum atomic E-state index is 12.8. The number of unbranched alkanes of at least 4 members (excludes halogenated alkanes) is 1. The molecule has 2 aromatic rings. The van der Waals surface area contributed by atoms with Crippen LogP contribution in [0.15, 0.2) is 59.6 Å². The van der Waals surface area contributed by atoms with Crippen molar-refractivity contribution in [1.82, 2.24) is 4.90 Å². The number of amidine groups is 1. The average Bonchev–Trinajstić information content (AvgIpc) is 3.21. The van der Waals surface area contributed by atoms with E-state index in [4.69, 9.17) is 9.73 Å². The van der Waals surface area contributed by atoms with Crippen LogP contribution < -0.4 is 9.64 Å². The first-order valence-corrected chi connectivity index (χ1v) is 13.2. The number of para-hydroxylation sites is 1. The van der Waals surface area contributed by atoms with Crippen molar-refractivity contribution in [3.63, 3.8) is 0 Å². The molecule has 34 heavy (non-hydrogen) atoms. The topological polar surface area (TPSA) is 45.1 Å². The molecule has 1 saturated carbocycles. The van der Waals surface area contributed by atoms with E-state index in [1.165, 1.54) is 32.1 Å². The smallest absolute Gasteiger partial charge is 0.225 e. The van der Waals surface area contributed by atoms with E-state index in [-0.39, 0.29) is 24.5 Å². The summed E-state index contributed by atoms with van der Waals surface area (Å²) in [5.74, 6) is 2.46. The number of carbonyl (C=O) groups excluding carboxylic acids is 1. The largest absolute Gasteiger partial charge is 0.457 e. The number of benzene rings is 2. The van der Waals surface area contributed by atoms with Crippen LogP contribution in [-0.4, -0.2) is 40.5 Å². The van der Waals surface area contributed by atoms with Crippen LogP contribution in [0.1, 0.15) is 58.8 Å². The molecule has 1 amide bonds. The number of hydrogen-bond acceptors (Lipinski definition) is 4. The van der Waals surface area contributed by atoms with Crippen LogP contribution in [-0.2, 0) is 4.79 Å². The van der Waals surface area contributed by atoms with Gasteiger partial charge in [-0.15, -0.1) is 12.4 Å². The number of rotatable bonds is 8. The summed E-state index contributed by atoms with van der Waals surface area (Å²) in [6.07, 6.45) is 8.47. The number of nitrogens with zero attached hydrogens (tertiary/aromatic N) is 3. The van der Waals surface area contributed by atoms with E-state index in [9.17, 15) is 4.79 Å². The second-order valence-electron chi connectivity index (χ2n) is 8.84. The highest BCUT2D eigenvalue weighted by Gasteiger charge is 2.36. The van der Waals surface area contributed by atoms with E-state index in [1.54, 1.807) is 18.7 Å². The molecule has 1 saturated heterocycles. The maximum absolute atomic E-state index is 12.8. The molecule has 184 valence electrons. The number of amides is 1. The van der Waals surface area contributed by atoms with Crippen LogP contribution in [0.4, 0.5) is 5.69 Å². The molecule has 1 aliphatic carbocycles. The fraction of sp³-hybridized carbons (Fsp3) is 0.481. The third kappa shape index (κ3) is 6.70. The summed E-state index contributed by atoms with van der Waals surface area (Å²) in [7, 11) is 0. The van der Waals surface area contributed by atoms with E-state index in [0.29, 0.717) is 6.04 Å². The van der Waals surface area contributed by atoms with Gasteiger partial charge in [-0.2, -0.15) is 0 Å². The molecule has 7 heteroatoms. The Balaban J connectivity index is 0.00000324. The first-order chi connectivity index (χ1) is 16.2. The summed E-state index contributed by atoms with van der Waals surface area (Å²) in [5.41, 5.74) is 0.897. The van der Waals surface area contributed by atoms with Gasteiger partial charge in [0.15, 0.2) is 5.17 Å². The van der Waals surface area contributed by atoms with Crippen molar-refractivity contribution in [2.45, 2.75) is 71.0 Å². The molecule has 0 spiro atoms. The molecule has 4 rings (SSSR count). The number of halogens is 1. The Hall–Kier alpha value is -2.18. The maximum Gasteiger partial charge on any atom is 0.225 e. The van der Waals surface area contributed by atoms with Gasteiger partial charge in [0.25, 0.3) is 0 Å². The van der Waals surface area contributed by atoms with Crippen molar-refractivity contribution < 1.29 is 9.53 Å². The molecule has 1 unspecified atom stereocenters. The van der Waals surface area contributed by atoms with Crippen LogP contribution in [0.3, 0.4) is 0 Å². The molecule has 2 aromatic carbocycles. The zero-order valence-electron chi connectivity index (χ0n) is 20.2. The molecule has 2 aliphatic rings. The van der Waals surface area contributed by atoms with Crippen molar-refractivity contribution in [3.8, 4) is 11.5 Å². The van der Waals surface area contributed by atoms with Gasteiger partial charge in [0.1, 0.15) is 17.7 Å². The van der Waals surface area contributed by atoms with Gasteiger partial charge < -0.3 is 9.64 Å². The lowest BCUT2D eigenvalue weighted by Crippen LogP contribution is -2.50. The fourth-order valence-corrected chi connectivity index (χ4v) is 5.81. The third-order valence-corrected chi connectivity index (χ3v) is 7.38. The second-order valence-corrected chi connectivity index (χ2v) is 9.83. The Bertz CT molecular complexity index is 933. The highest BCUT2D eigenvalue weighted by molar-refractivity contribution is 8.14. The van der Waals surface area contributed by atoms with Crippen LogP contribution in [0, 0.1) is 0 Å². The fourth-order valence-electron chi connectivity index (χ4n) is 4.58. The van der Waals surface area contributed by atoms with Crippen molar-refractivity contribution in [2.75, 3.05) is 17.2 Å². The summed E-state index contributed by atoms with van der Waals surface area (Å²) >= 11 is 1.81. The Morgan fingerprint density at radius 3 is 2.38 bits per heavy atom. The van der Waals surface area contributed by atoms with Gasteiger partial charge >= 0.3 is 0 Å². The van der Waals surface area contributed by atoms with Crippen molar-refractivity contribution >= 4 is 40.9 Å². The second kappa shape index (κ2) is 13.1. The molecule has 0 N–H and O–H groups in total. The predicted octanol–water partition coefficient (Wildman–Crippen LogP) is 7.12. The van der Waals surface area contributed by atoms with Gasteiger partial charge in [0, 0.05) is 24.9 Å². The SMILES string of the molecule is CCCCN1C(=NC2CCCCC2)SCC1N(C(C)=O)c1ccc(Oc2ccccc2)cc1.Cl. The minimum atomic E-state index is -0.0118. The standard InChI is InChI=1S/C27H35N3O2S.ClH/c1-3-4-19-29-26(20-33-27(29)28-22-11-7-5-8-12-22)30(21(2)31)23-15-17-25(18-16-23)32-24-13-9-6-10-14-24;/h6,9-10,13-18,22,26H,3-5,7-8,11-12,19-20H2,1-2H3;1H. The van der Waals surface area contributed by atoms with Crippen molar-refractivity contribution in [2.24, 2.45) is 4.99 Å². The van der Waals surface area contributed by atoms with Gasteiger partial charge in [-0.25, -0.2) is 0 Å². The van der Waals surface area contributed by atoms with Crippen LogP contribution in [0.5, 0.6) is 11.5 Å². The molecule has 0 bridgehead atoms. The third-order valence-electron chi connectivity index (χ3n) is 6.32. The lowest BCUT2D eigenvalue weighted by Gasteiger charge is -2.35. The van der Waals surface area contributed by atoms with Gasteiger partial charge in [-0.3, -0.25) is 14.7 Å². The number of ether oxygens (including phenoxy) is 1. The predicted molar refractivity (Wildman–Crippen MR) is 146 cm³/mol. The number of carbonyl (C=O) groups is 1. The van der Waals surface area contributed by atoms with Gasteiger partial charge in [0.2, 0.25) is 5.91 Å². The van der Waals surface area contributed by atoms with Gasteiger partial charge in [0.05, 0.1) is 6.04 Å². The zero-order valence-corrected chi connectivity index (χ0v) is 21.8. The Labute approximate surface area is 214 Å². The number of aliphatic imine (C=N–C) groups is 1. The Morgan fingerprint density at radius 1 is 1.06 bits per heavy atom. The number of hydrogen-bond donors (Lipinski definition) is 0. The molecule has 5 nitrogen and oxygen atoms in total. The summed E-state index contributed by atoms with van der Waals surface area (Å²) in [4.78, 5) is 22.3. The molecule has 0 radical (unpaired) electrons. The molecule has 1 heterocycles. The summed E-state index contributed by atoms with van der Waals surface area (Å²) in [6, 6.07) is 18.0. The van der Waals surface area contributed by atoms with Gasteiger partial charge in [-0.1, -0.05) is 62.6 Å². The highest BCUT2D eigenvalue weighted by Crippen LogP contribution is 2.33. The minimum absolute atomic E-state index is 0. The van der Waals surface area contributed by atoms with Gasteiger partial charge in [-0.05, 0) is 55.7 Å². The average molecular weight is 502 g/mol.